The van der Waals surface area contributed by atoms with Crippen molar-refractivity contribution in [2.75, 3.05) is 12.3 Å². The number of primary amides is 1. The van der Waals surface area contributed by atoms with Crippen molar-refractivity contribution < 1.29 is 32.4 Å². The first-order valence-corrected chi connectivity index (χ1v) is 19.5. The van der Waals surface area contributed by atoms with Crippen LogP contribution in [0.15, 0.2) is 0 Å². The van der Waals surface area contributed by atoms with Crippen LogP contribution >= 0.6 is 0 Å². The number of urea groups is 1. The number of nitrogens with one attached hydrogen (secondary N) is 3. The van der Waals surface area contributed by atoms with E-state index >= 15 is 0 Å². The van der Waals surface area contributed by atoms with E-state index in [-0.39, 0.29) is 23.0 Å². The molecule has 1 saturated heterocycles. The summed E-state index contributed by atoms with van der Waals surface area (Å²) in [4.78, 5) is 68.5. The molecule has 1 heterocycles. The summed E-state index contributed by atoms with van der Waals surface area (Å²) in [6.07, 6.45) is 9.04. The average molecular weight is 694 g/mol. The number of nitrogens with two attached hydrogens (primary N) is 1. The SMILES string of the molecule is CC1CN(C(=O)[C@@H](NC(=O)NC2(CS(=O)(=O)C(C)(C)C)CCCCC2)C(C)(C)C)[C@H](C(=O)NC(CC2CCC2)C(=O)C(N)=O)CC12CC2. The summed E-state index contributed by atoms with van der Waals surface area (Å²) in [6.45, 7) is 12.9. The molecule has 4 aliphatic rings. The van der Waals surface area contributed by atoms with Gasteiger partial charge in [0.2, 0.25) is 17.6 Å². The molecule has 12 nitrogen and oxygen atoms in total. The largest absolute Gasteiger partial charge is 0.363 e. The van der Waals surface area contributed by atoms with E-state index in [9.17, 15) is 32.4 Å². The molecule has 1 aliphatic heterocycles. The average Bonchev–Trinajstić information content (AvgIpc) is 3.72. The quantitative estimate of drug-likeness (QED) is 0.239. The summed E-state index contributed by atoms with van der Waals surface area (Å²) in [5, 5.41) is 8.70. The number of hydrogen-bond acceptors (Lipinski definition) is 7. The van der Waals surface area contributed by atoms with Crippen LogP contribution in [0.1, 0.15) is 126 Å². The lowest BCUT2D eigenvalue weighted by Gasteiger charge is -2.46. The Kier molecular flexibility index (Phi) is 11.0. The molecule has 0 aromatic heterocycles. The standard InChI is InChI=1S/C35H59N5O7S/c1-22-20-40(25(19-34(22)16-17-34)29(43)37-24(26(41)28(36)42)18-23-12-11-13-23)30(44)27(32(2,3)4)38-31(45)39-35(14-9-8-10-15-35)21-48(46,47)33(5,6)7/h22-25,27H,8-21H2,1-7H3,(H2,36,42)(H,37,43)(H2,38,39,45)/t22?,24?,25-,27+/m0/s1. The van der Waals surface area contributed by atoms with Crippen molar-refractivity contribution in [3.8, 4) is 0 Å². The summed E-state index contributed by atoms with van der Waals surface area (Å²) in [5.41, 5.74) is 3.55. The van der Waals surface area contributed by atoms with Crippen molar-refractivity contribution in [3.63, 3.8) is 0 Å². The Hall–Kier alpha value is -2.70. The smallest absolute Gasteiger partial charge is 0.315 e. The molecule has 3 saturated carbocycles. The highest BCUT2D eigenvalue weighted by atomic mass is 32.2. The number of carbonyl (C=O) groups excluding carboxylic acids is 5. The van der Waals surface area contributed by atoms with Crippen LogP contribution in [0.4, 0.5) is 4.79 Å². The monoisotopic (exact) mass is 693 g/mol. The Morgan fingerprint density at radius 1 is 0.896 bits per heavy atom. The lowest BCUT2D eigenvalue weighted by molar-refractivity contribution is -0.150. The molecule has 4 atom stereocenters. The number of ketones is 1. The van der Waals surface area contributed by atoms with E-state index in [2.05, 4.69) is 22.9 Å². The second-order valence-corrected chi connectivity index (χ2v) is 20.1. The van der Waals surface area contributed by atoms with E-state index in [4.69, 9.17) is 5.73 Å². The maximum absolute atomic E-state index is 14.5. The molecule has 2 unspecified atom stereocenters. The number of Topliss-reactive ketones (excluding diaryl/α,β-unsaturated/α-hetero) is 1. The minimum absolute atomic E-state index is 0.0795. The van der Waals surface area contributed by atoms with E-state index in [0.717, 1.165) is 51.4 Å². The highest BCUT2D eigenvalue weighted by molar-refractivity contribution is 7.92. The topological polar surface area (TPSA) is 185 Å². The third-order valence-electron chi connectivity index (χ3n) is 11.6. The zero-order chi connectivity index (χ0) is 35.9. The molecule has 0 aromatic carbocycles. The van der Waals surface area contributed by atoms with Crippen LogP contribution in [0.2, 0.25) is 0 Å². The molecule has 48 heavy (non-hydrogen) atoms. The van der Waals surface area contributed by atoms with Gasteiger partial charge < -0.3 is 26.6 Å². The minimum Gasteiger partial charge on any atom is -0.363 e. The van der Waals surface area contributed by atoms with Crippen LogP contribution in [0, 0.1) is 22.7 Å². The predicted molar refractivity (Wildman–Crippen MR) is 183 cm³/mol. The van der Waals surface area contributed by atoms with Gasteiger partial charge in [-0.2, -0.15) is 0 Å². The first-order valence-electron chi connectivity index (χ1n) is 17.9. The molecular weight excluding hydrogens is 634 g/mol. The molecule has 5 amide bonds. The third-order valence-corrected chi connectivity index (χ3v) is 14.4. The number of sulfone groups is 1. The van der Waals surface area contributed by atoms with E-state index in [1.165, 1.54) is 4.90 Å². The Morgan fingerprint density at radius 2 is 1.50 bits per heavy atom. The van der Waals surface area contributed by atoms with Gasteiger partial charge in [-0.15, -0.1) is 0 Å². The van der Waals surface area contributed by atoms with Gasteiger partial charge in [0.1, 0.15) is 12.1 Å². The molecule has 4 rings (SSSR count). The normalized spacial score (nSPS) is 25.3. The van der Waals surface area contributed by atoms with Gasteiger partial charge in [-0.05, 0) is 82.0 Å². The molecule has 0 bridgehead atoms. The fourth-order valence-corrected chi connectivity index (χ4v) is 9.24. The van der Waals surface area contributed by atoms with Gasteiger partial charge in [0, 0.05) is 6.54 Å². The van der Waals surface area contributed by atoms with E-state index in [0.29, 0.717) is 32.2 Å². The van der Waals surface area contributed by atoms with Gasteiger partial charge in [0.05, 0.1) is 22.1 Å². The minimum atomic E-state index is -3.56. The second-order valence-electron chi connectivity index (χ2n) is 17.4. The van der Waals surface area contributed by atoms with Gasteiger partial charge in [-0.1, -0.05) is 66.2 Å². The lowest BCUT2D eigenvalue weighted by Crippen LogP contribution is -2.66. The first kappa shape index (κ1) is 38.1. The van der Waals surface area contributed by atoms with Crippen molar-refractivity contribution in [3.05, 3.63) is 0 Å². The molecule has 0 radical (unpaired) electrons. The number of carbonyl (C=O) groups is 5. The lowest BCUT2D eigenvalue weighted by atomic mass is 9.77. The van der Waals surface area contributed by atoms with Gasteiger partial charge in [0.15, 0.2) is 9.84 Å². The van der Waals surface area contributed by atoms with E-state index in [1.807, 2.05) is 20.8 Å². The van der Waals surface area contributed by atoms with Crippen LogP contribution in [0.3, 0.4) is 0 Å². The summed E-state index contributed by atoms with van der Waals surface area (Å²) in [7, 11) is -3.56. The van der Waals surface area contributed by atoms with Gasteiger partial charge in [0.25, 0.3) is 5.91 Å². The Balaban J connectivity index is 1.57. The van der Waals surface area contributed by atoms with Crippen LogP contribution < -0.4 is 21.7 Å². The summed E-state index contributed by atoms with van der Waals surface area (Å²) in [5.74, 6) is -2.71. The number of amides is 5. The summed E-state index contributed by atoms with van der Waals surface area (Å²) >= 11 is 0. The molecule has 5 N–H and O–H groups in total. The zero-order valence-electron chi connectivity index (χ0n) is 30.1. The van der Waals surface area contributed by atoms with Gasteiger partial charge >= 0.3 is 6.03 Å². The fraction of sp³-hybridized carbons (Fsp3) is 0.857. The summed E-state index contributed by atoms with van der Waals surface area (Å²) < 4.78 is 25.6. The van der Waals surface area contributed by atoms with Crippen LogP contribution in [0.25, 0.3) is 0 Å². The van der Waals surface area contributed by atoms with Crippen LogP contribution in [0.5, 0.6) is 0 Å². The molecule has 272 valence electrons. The number of piperidine rings is 1. The Labute approximate surface area is 286 Å². The van der Waals surface area contributed by atoms with Crippen molar-refractivity contribution in [1.29, 1.82) is 0 Å². The van der Waals surface area contributed by atoms with E-state index < -0.39 is 73.2 Å². The van der Waals surface area contributed by atoms with Crippen molar-refractivity contribution >= 4 is 39.4 Å². The molecule has 1 spiro atoms. The zero-order valence-corrected chi connectivity index (χ0v) is 30.9. The number of rotatable bonds is 11. The first-order chi connectivity index (χ1) is 22.1. The summed E-state index contributed by atoms with van der Waals surface area (Å²) in [6, 6.07) is -3.60. The Bertz CT molecular complexity index is 1370. The van der Waals surface area contributed by atoms with Crippen molar-refractivity contribution in [2.24, 2.45) is 28.4 Å². The maximum Gasteiger partial charge on any atom is 0.315 e. The molecule has 4 fully saturated rings. The third kappa shape index (κ3) is 8.53. The van der Waals surface area contributed by atoms with E-state index in [1.54, 1.807) is 20.8 Å². The molecule has 13 heteroatoms. The van der Waals surface area contributed by atoms with Crippen LogP contribution in [-0.2, 0) is 29.0 Å². The van der Waals surface area contributed by atoms with Crippen molar-refractivity contribution in [1.82, 2.24) is 20.9 Å². The number of likely N-dealkylation sites (tertiary alicyclic amines) is 1. The number of hydrogen-bond donors (Lipinski definition) is 4. The number of nitrogens with zero attached hydrogens (tertiary/aromatic N) is 1. The van der Waals surface area contributed by atoms with Gasteiger partial charge in [-0.3, -0.25) is 19.2 Å². The van der Waals surface area contributed by atoms with Gasteiger partial charge in [-0.25, -0.2) is 13.2 Å². The molecular formula is C35H59N5O7S. The van der Waals surface area contributed by atoms with Crippen LogP contribution in [-0.4, -0.2) is 83.6 Å². The highest BCUT2D eigenvalue weighted by Crippen LogP contribution is 2.58. The fourth-order valence-electron chi connectivity index (χ4n) is 7.72. The van der Waals surface area contributed by atoms with Crippen molar-refractivity contribution in [2.45, 2.75) is 154 Å². The molecule has 0 aromatic rings. The highest BCUT2D eigenvalue weighted by Gasteiger charge is 2.56. The maximum atomic E-state index is 14.5. The Morgan fingerprint density at radius 3 is 1.98 bits per heavy atom. The predicted octanol–water partition coefficient (Wildman–Crippen LogP) is 3.36. The molecule has 3 aliphatic carbocycles. The second kappa shape index (κ2) is 13.9.